The number of nitrogens with zero attached hydrogens (tertiary/aromatic N) is 4. The van der Waals surface area contributed by atoms with Gasteiger partial charge in [0, 0.05) is 87.7 Å². The van der Waals surface area contributed by atoms with E-state index in [0.717, 1.165) is 48.5 Å². The molecule has 3 aromatic rings. The molecule has 0 amide bonds. The summed E-state index contributed by atoms with van der Waals surface area (Å²) in [6.45, 7) is 13.4. The van der Waals surface area contributed by atoms with Gasteiger partial charge in [0.05, 0.1) is 5.75 Å². The first-order valence-electron chi connectivity index (χ1n) is 20.4. The molecule has 1 N–H and O–H groups in total. The van der Waals surface area contributed by atoms with E-state index in [1.807, 2.05) is 47.8 Å². The lowest BCUT2D eigenvalue weighted by Gasteiger charge is -2.27. The van der Waals surface area contributed by atoms with E-state index >= 15 is 0 Å². The summed E-state index contributed by atoms with van der Waals surface area (Å²) in [5.41, 5.74) is 11.6. The third kappa shape index (κ3) is 9.35. The lowest BCUT2D eigenvalue weighted by molar-refractivity contribution is -0.671. The van der Waals surface area contributed by atoms with E-state index in [1.165, 1.54) is 46.5 Å². The molecule has 0 bridgehead atoms. The minimum absolute atomic E-state index is 0.147. The molecule has 2 aromatic carbocycles. The summed E-state index contributed by atoms with van der Waals surface area (Å²) in [6.07, 6.45) is 19.4. The number of anilines is 2. The predicted molar refractivity (Wildman–Crippen MR) is 237 cm³/mol. The van der Waals surface area contributed by atoms with Crippen LogP contribution in [0.3, 0.4) is 0 Å². The van der Waals surface area contributed by atoms with Crippen molar-refractivity contribution in [2.24, 2.45) is 7.05 Å². The number of rotatable bonds is 13. The van der Waals surface area contributed by atoms with Crippen LogP contribution in [0, 0.1) is 0 Å². The van der Waals surface area contributed by atoms with E-state index in [-0.39, 0.29) is 16.6 Å². The van der Waals surface area contributed by atoms with Gasteiger partial charge in [0.2, 0.25) is 5.71 Å². The first-order valence-corrected chi connectivity index (χ1v) is 22.4. The number of aromatic nitrogens is 1. The normalized spacial score (nSPS) is 20.8. The van der Waals surface area contributed by atoms with E-state index in [2.05, 4.69) is 117 Å². The van der Waals surface area contributed by atoms with E-state index in [1.54, 1.807) is 0 Å². The molecule has 2 aliphatic heterocycles. The van der Waals surface area contributed by atoms with Crippen LogP contribution in [-0.4, -0.2) is 54.3 Å². The van der Waals surface area contributed by atoms with Crippen LogP contribution < -0.4 is 14.4 Å². The lowest BCUT2D eigenvalue weighted by Crippen LogP contribution is -2.28. The van der Waals surface area contributed by atoms with Gasteiger partial charge in [0.15, 0.2) is 12.4 Å². The van der Waals surface area contributed by atoms with E-state index in [4.69, 9.17) is 17.0 Å². The minimum atomic E-state index is -4.01. The molecule has 10 heteroatoms. The summed E-state index contributed by atoms with van der Waals surface area (Å²) >= 11 is 5.99. The maximum absolute atomic E-state index is 11.5. The highest BCUT2D eigenvalue weighted by Crippen LogP contribution is 2.49. The second-order valence-corrected chi connectivity index (χ2v) is 18.5. The SMILES string of the molecule is CCCCCN1C(=CC=C2CC/C(=C\C=C3\N(CCCCS(=O)(=O)O)c4ccccc4C3(C)C)C2=[N+](C)C(=S)OCc2cc[n+](C)cc2)C(C)(C)c2ccccc21. The van der Waals surface area contributed by atoms with Crippen LogP contribution in [0.2, 0.25) is 0 Å². The molecule has 3 heterocycles. The number of hydrogen-bond acceptors (Lipinski definition) is 6. The molecule has 6 rings (SSSR count). The van der Waals surface area contributed by atoms with Crippen molar-refractivity contribution in [2.75, 3.05) is 35.7 Å². The van der Waals surface area contributed by atoms with Crippen molar-refractivity contribution < 1.29 is 26.9 Å². The number of fused-ring (bicyclic) bond motifs is 2. The third-order valence-electron chi connectivity index (χ3n) is 11.8. The lowest BCUT2D eigenvalue weighted by atomic mass is 9.83. The summed E-state index contributed by atoms with van der Waals surface area (Å²) in [5.74, 6) is -0.241. The van der Waals surface area contributed by atoms with Crippen molar-refractivity contribution in [3.8, 4) is 0 Å². The Kier molecular flexibility index (Phi) is 13.1. The number of allylic oxidation sites excluding steroid dienone is 8. The van der Waals surface area contributed by atoms with Gasteiger partial charge >= 0.3 is 5.17 Å². The molecule has 1 aliphatic carbocycles. The fourth-order valence-corrected chi connectivity index (χ4v) is 9.35. The Morgan fingerprint density at radius 2 is 1.30 bits per heavy atom. The Morgan fingerprint density at radius 3 is 1.79 bits per heavy atom. The zero-order valence-electron chi connectivity index (χ0n) is 34.8. The average Bonchev–Trinajstić information content (AvgIpc) is 3.75. The molecule has 1 fully saturated rings. The minimum Gasteiger partial charge on any atom is -0.431 e. The second kappa shape index (κ2) is 17.6. The van der Waals surface area contributed by atoms with Gasteiger partial charge in [-0.15, -0.1) is 0 Å². The number of ether oxygens (including phenoxy) is 1. The van der Waals surface area contributed by atoms with E-state index < -0.39 is 10.1 Å². The summed E-state index contributed by atoms with van der Waals surface area (Å²) in [5, 5.41) is 0.418. The standard InChI is InChI=1S/C47H59N4O4S2/c1-8-9-14-29-50-40-19-12-10-17-38(40)46(2,3)42(50)25-23-36-21-22-37(44(36)49(7)45(56)55-34-35-27-31-48(6)32-28-35)24-26-43-47(4,5)39-18-11-13-20-41(39)51(43)30-15-16-33-57(52,53)54/h10-13,17-20,23-28,31-32H,8-9,14-16,21-22,29-30,33-34H2,1-7H3/q+1/p+1. The Labute approximate surface area is 346 Å². The van der Waals surface area contributed by atoms with Gasteiger partial charge in [0.25, 0.3) is 10.1 Å². The fourth-order valence-electron chi connectivity index (χ4n) is 8.63. The maximum atomic E-state index is 11.5. The molecule has 0 radical (unpaired) electrons. The zero-order valence-corrected chi connectivity index (χ0v) is 36.4. The van der Waals surface area contributed by atoms with Gasteiger partial charge in [-0.2, -0.15) is 13.0 Å². The molecule has 1 saturated carbocycles. The van der Waals surface area contributed by atoms with Crippen molar-refractivity contribution in [2.45, 2.75) is 97.0 Å². The quantitative estimate of drug-likeness (QED) is 0.0799. The number of benzene rings is 2. The van der Waals surface area contributed by atoms with E-state index in [9.17, 15) is 13.0 Å². The van der Waals surface area contributed by atoms with Crippen molar-refractivity contribution in [3.05, 3.63) is 137 Å². The number of hydrogen-bond donors (Lipinski definition) is 1. The van der Waals surface area contributed by atoms with Crippen LogP contribution in [0.5, 0.6) is 0 Å². The van der Waals surface area contributed by atoms with Gasteiger partial charge in [-0.25, -0.2) is 4.57 Å². The molecule has 302 valence electrons. The van der Waals surface area contributed by atoms with Crippen LogP contribution in [0.15, 0.2) is 120 Å². The number of para-hydroxylation sites is 2. The Hall–Kier alpha value is -4.38. The molecule has 0 saturated heterocycles. The molecule has 0 atom stereocenters. The number of thiocarbonyl (C=S) groups is 1. The monoisotopic (exact) mass is 808 g/mol. The molecule has 8 nitrogen and oxygen atoms in total. The van der Waals surface area contributed by atoms with Gasteiger partial charge in [-0.3, -0.25) is 4.55 Å². The first-order chi connectivity index (χ1) is 27.1. The molecule has 3 aliphatic rings. The van der Waals surface area contributed by atoms with Crippen LogP contribution in [0.1, 0.15) is 96.3 Å². The van der Waals surface area contributed by atoms with Crippen molar-refractivity contribution >= 4 is 44.6 Å². The highest BCUT2D eigenvalue weighted by molar-refractivity contribution is 7.85. The summed E-state index contributed by atoms with van der Waals surface area (Å²) in [4.78, 5) is 4.84. The van der Waals surface area contributed by atoms with Crippen molar-refractivity contribution in [1.82, 2.24) is 0 Å². The second-order valence-electron chi connectivity index (χ2n) is 16.6. The van der Waals surface area contributed by atoms with Crippen LogP contribution in [-0.2, 0) is 39.3 Å². The number of aryl methyl sites for hydroxylation is 1. The zero-order chi connectivity index (χ0) is 41.0. The number of unbranched alkanes of at least 4 members (excludes halogenated alkanes) is 3. The largest absolute Gasteiger partial charge is 0.441 e. The van der Waals surface area contributed by atoms with E-state index in [0.29, 0.717) is 31.2 Å². The molecule has 57 heavy (non-hydrogen) atoms. The van der Waals surface area contributed by atoms with Crippen LogP contribution in [0.25, 0.3) is 0 Å². The topological polar surface area (TPSA) is 77.0 Å². The Bertz CT molecular complexity index is 2250. The maximum Gasteiger partial charge on any atom is 0.441 e. The molecular weight excluding hydrogens is 749 g/mol. The summed E-state index contributed by atoms with van der Waals surface area (Å²) in [7, 11) is -0.000158. The average molecular weight is 809 g/mol. The highest BCUT2D eigenvalue weighted by atomic mass is 32.2. The predicted octanol–water partition coefficient (Wildman–Crippen LogP) is 9.26. The van der Waals surface area contributed by atoms with Crippen molar-refractivity contribution in [1.29, 1.82) is 0 Å². The van der Waals surface area contributed by atoms with Gasteiger partial charge in [-0.1, -0.05) is 96.0 Å². The third-order valence-corrected chi connectivity index (χ3v) is 13.0. The smallest absolute Gasteiger partial charge is 0.431 e. The molecule has 0 unspecified atom stereocenters. The van der Waals surface area contributed by atoms with Gasteiger partial charge in [0.1, 0.15) is 20.7 Å². The Morgan fingerprint density at radius 1 is 0.807 bits per heavy atom. The summed E-state index contributed by atoms with van der Waals surface area (Å²) in [6, 6.07) is 21.4. The van der Waals surface area contributed by atoms with Crippen LogP contribution in [0.4, 0.5) is 11.4 Å². The molecule has 1 aromatic heterocycles. The van der Waals surface area contributed by atoms with Crippen molar-refractivity contribution in [3.63, 3.8) is 0 Å². The van der Waals surface area contributed by atoms with Gasteiger partial charge in [-0.05, 0) is 67.5 Å². The number of pyridine rings is 1. The van der Waals surface area contributed by atoms with Crippen LogP contribution >= 0.6 is 12.2 Å². The van der Waals surface area contributed by atoms with Gasteiger partial charge < -0.3 is 14.5 Å². The molecule has 0 spiro atoms. The summed E-state index contributed by atoms with van der Waals surface area (Å²) < 4.78 is 42.7. The first kappa shape index (κ1) is 42.2. The fraction of sp³-hybridized carbons (Fsp3) is 0.426. The Balaban J connectivity index is 1.39. The molecular formula is C47H60N4O4S2+2. The highest BCUT2D eigenvalue weighted by Gasteiger charge is 2.41.